The molecule has 3 aromatic rings. The molecule has 1 aromatic heterocycles. The number of pyridine rings is 1. The molecule has 168 valence electrons. The van der Waals surface area contributed by atoms with E-state index in [2.05, 4.69) is 10.3 Å². The number of halogens is 2. The number of hydrogen-bond donors (Lipinski definition) is 2. The van der Waals surface area contributed by atoms with Crippen LogP contribution in [0.2, 0.25) is 0 Å². The molecule has 0 saturated carbocycles. The SMILES string of the molecule is N=CCc1ncccc1Oc1ccc(NC(=O)C2CCN(c3ccc(F)cc3)C2=O)cc1F. The van der Waals surface area contributed by atoms with Crippen molar-refractivity contribution < 1.29 is 23.1 Å². The Labute approximate surface area is 188 Å². The first-order chi connectivity index (χ1) is 16.0. The molecule has 1 unspecified atom stereocenters. The van der Waals surface area contributed by atoms with Crippen LogP contribution >= 0.6 is 0 Å². The number of hydrogen-bond acceptors (Lipinski definition) is 5. The Morgan fingerprint density at radius 2 is 1.97 bits per heavy atom. The topological polar surface area (TPSA) is 95.4 Å². The van der Waals surface area contributed by atoms with Gasteiger partial charge in [0, 0.05) is 42.8 Å². The summed E-state index contributed by atoms with van der Waals surface area (Å²) in [7, 11) is 0. The number of nitrogens with zero attached hydrogens (tertiary/aromatic N) is 2. The Bertz CT molecular complexity index is 1200. The number of carbonyl (C=O) groups is 2. The minimum atomic E-state index is -0.923. The van der Waals surface area contributed by atoms with Gasteiger partial charge in [0.25, 0.3) is 0 Å². The van der Waals surface area contributed by atoms with E-state index in [1.165, 1.54) is 47.5 Å². The molecule has 0 spiro atoms. The van der Waals surface area contributed by atoms with Crippen molar-refractivity contribution in [2.24, 2.45) is 5.92 Å². The van der Waals surface area contributed by atoms with Crippen LogP contribution < -0.4 is 15.0 Å². The molecule has 0 aliphatic carbocycles. The monoisotopic (exact) mass is 450 g/mol. The first-order valence-electron chi connectivity index (χ1n) is 10.2. The average Bonchev–Trinajstić information content (AvgIpc) is 3.19. The summed E-state index contributed by atoms with van der Waals surface area (Å²) in [4.78, 5) is 30.9. The van der Waals surface area contributed by atoms with Crippen LogP contribution in [-0.4, -0.2) is 29.6 Å². The Morgan fingerprint density at radius 3 is 2.70 bits per heavy atom. The third kappa shape index (κ3) is 4.87. The van der Waals surface area contributed by atoms with Gasteiger partial charge in [0.15, 0.2) is 11.6 Å². The van der Waals surface area contributed by atoms with Gasteiger partial charge >= 0.3 is 0 Å². The molecule has 9 heteroatoms. The Hall–Kier alpha value is -4.14. The molecule has 2 heterocycles. The van der Waals surface area contributed by atoms with Gasteiger partial charge in [0.2, 0.25) is 11.8 Å². The maximum Gasteiger partial charge on any atom is 0.239 e. The summed E-state index contributed by atoms with van der Waals surface area (Å²) in [5.74, 6) is -2.71. The van der Waals surface area contributed by atoms with Crippen LogP contribution in [0.3, 0.4) is 0 Å². The predicted octanol–water partition coefficient (Wildman–Crippen LogP) is 4.34. The van der Waals surface area contributed by atoms with Crippen LogP contribution in [0.5, 0.6) is 11.5 Å². The summed E-state index contributed by atoms with van der Waals surface area (Å²) in [6.07, 6.45) is 3.27. The lowest BCUT2D eigenvalue weighted by atomic mass is 10.1. The van der Waals surface area contributed by atoms with Crippen molar-refractivity contribution in [3.63, 3.8) is 0 Å². The van der Waals surface area contributed by atoms with E-state index in [0.717, 1.165) is 6.07 Å². The van der Waals surface area contributed by atoms with Gasteiger partial charge in [-0.25, -0.2) is 8.78 Å². The molecule has 1 aliphatic rings. The summed E-state index contributed by atoms with van der Waals surface area (Å²) in [5, 5.41) is 9.80. The first kappa shape index (κ1) is 22.1. The Morgan fingerprint density at radius 1 is 1.18 bits per heavy atom. The highest BCUT2D eigenvalue weighted by Gasteiger charge is 2.37. The van der Waals surface area contributed by atoms with Crippen LogP contribution in [0.1, 0.15) is 12.1 Å². The van der Waals surface area contributed by atoms with Gasteiger partial charge in [-0.05, 0) is 55.0 Å². The fourth-order valence-electron chi connectivity index (χ4n) is 3.58. The van der Waals surface area contributed by atoms with E-state index in [4.69, 9.17) is 10.1 Å². The lowest BCUT2D eigenvalue weighted by molar-refractivity contribution is -0.129. The fraction of sp³-hybridized carbons (Fsp3) is 0.167. The first-order valence-corrected chi connectivity index (χ1v) is 10.2. The number of amides is 2. The van der Waals surface area contributed by atoms with E-state index in [1.807, 2.05) is 0 Å². The van der Waals surface area contributed by atoms with Gasteiger partial charge in [-0.15, -0.1) is 0 Å². The highest BCUT2D eigenvalue weighted by Crippen LogP contribution is 2.30. The van der Waals surface area contributed by atoms with E-state index < -0.39 is 29.4 Å². The predicted molar refractivity (Wildman–Crippen MR) is 119 cm³/mol. The van der Waals surface area contributed by atoms with Gasteiger partial charge in [-0.1, -0.05) is 0 Å². The minimum absolute atomic E-state index is 0.0633. The number of ether oxygens (including phenoxy) is 1. The average molecular weight is 450 g/mol. The second kappa shape index (κ2) is 9.56. The number of carbonyl (C=O) groups excluding carboxylic acids is 2. The summed E-state index contributed by atoms with van der Waals surface area (Å²) in [5.41, 5.74) is 1.19. The smallest absolute Gasteiger partial charge is 0.239 e. The van der Waals surface area contributed by atoms with Gasteiger partial charge in [-0.2, -0.15) is 0 Å². The molecule has 1 aliphatic heterocycles. The van der Waals surface area contributed by atoms with Crippen molar-refractivity contribution in [3.8, 4) is 11.5 Å². The summed E-state index contributed by atoms with van der Waals surface area (Å²) in [6, 6.07) is 12.7. The van der Waals surface area contributed by atoms with Gasteiger partial charge in [0.1, 0.15) is 17.5 Å². The van der Waals surface area contributed by atoms with Crippen LogP contribution in [0.25, 0.3) is 0 Å². The molecular weight excluding hydrogens is 430 g/mol. The van der Waals surface area contributed by atoms with Crippen LogP contribution in [0, 0.1) is 23.0 Å². The lowest BCUT2D eigenvalue weighted by Gasteiger charge is -2.17. The third-order valence-corrected chi connectivity index (χ3v) is 5.22. The van der Waals surface area contributed by atoms with E-state index >= 15 is 0 Å². The molecule has 0 radical (unpaired) electrons. The molecule has 1 atom stereocenters. The van der Waals surface area contributed by atoms with Crippen molar-refractivity contribution in [2.75, 3.05) is 16.8 Å². The number of aromatic nitrogens is 1. The zero-order valence-electron chi connectivity index (χ0n) is 17.4. The molecule has 2 N–H and O–H groups in total. The Kier molecular flexibility index (Phi) is 6.39. The zero-order chi connectivity index (χ0) is 23.4. The van der Waals surface area contributed by atoms with Crippen molar-refractivity contribution in [3.05, 3.63) is 78.1 Å². The quantitative estimate of drug-likeness (QED) is 0.414. The second-order valence-electron chi connectivity index (χ2n) is 7.40. The molecule has 0 bridgehead atoms. The fourth-order valence-corrected chi connectivity index (χ4v) is 3.58. The minimum Gasteiger partial charge on any atom is -0.452 e. The molecule has 4 rings (SSSR count). The van der Waals surface area contributed by atoms with Crippen LogP contribution in [-0.2, 0) is 16.0 Å². The van der Waals surface area contributed by atoms with E-state index in [-0.39, 0.29) is 17.9 Å². The van der Waals surface area contributed by atoms with Crippen molar-refractivity contribution >= 4 is 29.4 Å². The van der Waals surface area contributed by atoms with Gasteiger partial charge in [-0.3, -0.25) is 14.6 Å². The third-order valence-electron chi connectivity index (χ3n) is 5.22. The van der Waals surface area contributed by atoms with Crippen molar-refractivity contribution in [1.29, 1.82) is 5.41 Å². The molecule has 33 heavy (non-hydrogen) atoms. The maximum atomic E-state index is 14.6. The number of benzene rings is 2. The summed E-state index contributed by atoms with van der Waals surface area (Å²) in [6.45, 7) is 0.326. The van der Waals surface area contributed by atoms with E-state index in [9.17, 15) is 18.4 Å². The van der Waals surface area contributed by atoms with E-state index in [0.29, 0.717) is 30.1 Å². The molecule has 7 nitrogen and oxygen atoms in total. The molecule has 2 aromatic carbocycles. The molecule has 2 amide bonds. The van der Waals surface area contributed by atoms with Crippen LogP contribution in [0.4, 0.5) is 20.2 Å². The number of anilines is 2. The summed E-state index contributed by atoms with van der Waals surface area (Å²) >= 11 is 0. The normalized spacial score (nSPS) is 15.4. The van der Waals surface area contributed by atoms with Crippen molar-refractivity contribution in [1.82, 2.24) is 4.98 Å². The molecular formula is C24H20F2N4O3. The number of rotatable bonds is 7. The van der Waals surface area contributed by atoms with Gasteiger partial charge < -0.3 is 20.4 Å². The van der Waals surface area contributed by atoms with E-state index in [1.54, 1.807) is 18.3 Å². The highest BCUT2D eigenvalue weighted by molar-refractivity contribution is 6.13. The van der Waals surface area contributed by atoms with Gasteiger partial charge in [0.05, 0.1) is 5.69 Å². The zero-order valence-corrected chi connectivity index (χ0v) is 17.4. The molecule has 1 saturated heterocycles. The highest BCUT2D eigenvalue weighted by atomic mass is 19.1. The van der Waals surface area contributed by atoms with Crippen LogP contribution in [0.15, 0.2) is 60.8 Å². The second-order valence-corrected chi connectivity index (χ2v) is 7.40. The molecule has 1 fully saturated rings. The van der Waals surface area contributed by atoms with Crippen molar-refractivity contribution in [2.45, 2.75) is 12.8 Å². The standard InChI is InChI=1S/C24H20F2N4O3/c25-15-3-6-17(7-4-15)30-13-10-18(24(30)32)23(31)29-16-5-8-21(19(26)14-16)33-22-2-1-12-28-20(22)9-11-27/h1-8,11-12,14,18,27H,9-10,13H2,(H,29,31). The number of nitrogens with one attached hydrogen (secondary N) is 2. The largest absolute Gasteiger partial charge is 0.452 e. The maximum absolute atomic E-state index is 14.6. The summed E-state index contributed by atoms with van der Waals surface area (Å²) < 4.78 is 33.4. The Balaban J connectivity index is 1.43. The lowest BCUT2D eigenvalue weighted by Crippen LogP contribution is -2.33.